The predicted molar refractivity (Wildman–Crippen MR) is 72.5 cm³/mol. The molecule has 7 heteroatoms. The maximum absolute atomic E-state index is 13.4. The number of hydrogen-bond donors (Lipinski definition) is 0. The van der Waals surface area contributed by atoms with E-state index in [2.05, 4.69) is 0 Å². The zero-order valence-electron chi connectivity index (χ0n) is 10.9. The van der Waals surface area contributed by atoms with Gasteiger partial charge in [0.15, 0.2) is 5.78 Å². The van der Waals surface area contributed by atoms with Crippen molar-refractivity contribution in [1.29, 1.82) is 0 Å². The summed E-state index contributed by atoms with van der Waals surface area (Å²) in [6.07, 6.45) is 2.17. The van der Waals surface area contributed by atoms with Gasteiger partial charge in [0.05, 0.1) is 17.7 Å². The quantitative estimate of drug-likeness (QED) is 0.620. The second-order valence-electron chi connectivity index (χ2n) is 4.43. The summed E-state index contributed by atoms with van der Waals surface area (Å²) >= 11 is 0. The summed E-state index contributed by atoms with van der Waals surface area (Å²) in [5.41, 5.74) is -1.06. The van der Waals surface area contributed by atoms with E-state index in [1.54, 1.807) is 6.07 Å². The summed E-state index contributed by atoms with van der Waals surface area (Å²) in [6, 6.07) is 6.92. The van der Waals surface area contributed by atoms with Crippen LogP contribution < -0.4 is 5.43 Å². The first-order chi connectivity index (χ1) is 9.97. The van der Waals surface area contributed by atoms with Gasteiger partial charge in [-0.05, 0) is 11.6 Å². The Morgan fingerprint density at radius 2 is 2.00 bits per heavy atom. The van der Waals surface area contributed by atoms with Crippen LogP contribution in [0.3, 0.4) is 0 Å². The number of carbonyl (C=O) groups excluding carboxylic acids is 1. The summed E-state index contributed by atoms with van der Waals surface area (Å²) in [7, 11) is 0. The Morgan fingerprint density at radius 3 is 2.67 bits per heavy atom. The number of hydrogen-bond acceptors (Lipinski definition) is 4. The molecule has 1 aromatic carbocycles. The van der Waals surface area contributed by atoms with Crippen LogP contribution in [0.1, 0.15) is 5.56 Å². The molecule has 21 heavy (non-hydrogen) atoms. The van der Waals surface area contributed by atoms with Crippen LogP contribution in [-0.4, -0.2) is 15.3 Å². The monoisotopic (exact) mass is 290 g/mol. The molecular formula is C14H11FN2O4. The van der Waals surface area contributed by atoms with Gasteiger partial charge in [0.1, 0.15) is 5.82 Å². The van der Waals surface area contributed by atoms with E-state index in [9.17, 15) is 24.1 Å². The number of nitro groups is 1. The van der Waals surface area contributed by atoms with Gasteiger partial charge in [-0.1, -0.05) is 18.2 Å². The van der Waals surface area contributed by atoms with Gasteiger partial charge < -0.3 is 4.57 Å². The molecule has 108 valence electrons. The molecule has 0 N–H and O–H groups in total. The van der Waals surface area contributed by atoms with E-state index in [4.69, 9.17) is 0 Å². The highest BCUT2D eigenvalue weighted by Crippen LogP contribution is 2.09. The van der Waals surface area contributed by atoms with Crippen LogP contribution in [0.4, 0.5) is 10.1 Å². The largest absolute Gasteiger partial charge is 0.341 e. The molecule has 0 aliphatic rings. The number of benzene rings is 1. The highest BCUT2D eigenvalue weighted by molar-refractivity contribution is 5.80. The molecule has 2 aromatic rings. The number of rotatable bonds is 5. The lowest BCUT2D eigenvalue weighted by molar-refractivity contribution is -0.386. The van der Waals surface area contributed by atoms with Crippen molar-refractivity contribution in [1.82, 2.24) is 4.57 Å². The average Bonchev–Trinajstić information content (AvgIpc) is 2.43. The molecular weight excluding hydrogens is 279 g/mol. The van der Waals surface area contributed by atoms with E-state index in [-0.39, 0.29) is 24.3 Å². The first-order valence-electron chi connectivity index (χ1n) is 6.07. The third kappa shape index (κ3) is 3.59. The molecule has 0 aliphatic heterocycles. The predicted octanol–water partition coefficient (Wildman–Crippen LogP) is 1.71. The Labute approximate surface area is 118 Å². The van der Waals surface area contributed by atoms with Gasteiger partial charge in [0.25, 0.3) is 5.43 Å². The Kier molecular flexibility index (Phi) is 4.22. The van der Waals surface area contributed by atoms with Crippen LogP contribution in [-0.2, 0) is 17.8 Å². The fourth-order valence-corrected chi connectivity index (χ4v) is 1.86. The Balaban J connectivity index is 2.13. The van der Waals surface area contributed by atoms with Gasteiger partial charge in [-0.15, -0.1) is 0 Å². The van der Waals surface area contributed by atoms with Crippen molar-refractivity contribution in [3.63, 3.8) is 0 Å². The average molecular weight is 290 g/mol. The SMILES string of the molecule is O=C(Cc1ccccc1F)Cn1ccc(=O)c([N+](=O)[O-])c1. The minimum absolute atomic E-state index is 0.118. The second kappa shape index (κ2) is 6.08. The highest BCUT2D eigenvalue weighted by atomic mass is 19.1. The number of halogens is 1. The van der Waals surface area contributed by atoms with Gasteiger partial charge in [0.2, 0.25) is 0 Å². The Hall–Kier alpha value is -2.83. The topological polar surface area (TPSA) is 82.2 Å². The summed E-state index contributed by atoms with van der Waals surface area (Å²) in [6.45, 7) is -0.171. The van der Waals surface area contributed by atoms with Gasteiger partial charge >= 0.3 is 5.69 Å². The Morgan fingerprint density at radius 1 is 1.29 bits per heavy atom. The van der Waals surface area contributed by atoms with Gasteiger partial charge in [0, 0.05) is 18.7 Å². The summed E-state index contributed by atoms with van der Waals surface area (Å²) in [5, 5.41) is 10.7. The molecule has 0 fully saturated rings. The van der Waals surface area contributed by atoms with Crippen molar-refractivity contribution in [2.24, 2.45) is 0 Å². The molecule has 0 atom stereocenters. The molecule has 0 radical (unpaired) electrons. The normalized spacial score (nSPS) is 10.3. The van der Waals surface area contributed by atoms with E-state index >= 15 is 0 Å². The third-order valence-electron chi connectivity index (χ3n) is 2.86. The number of pyridine rings is 1. The minimum atomic E-state index is -0.805. The first kappa shape index (κ1) is 14.6. The number of ketones is 1. The zero-order valence-corrected chi connectivity index (χ0v) is 10.9. The lowest BCUT2D eigenvalue weighted by Gasteiger charge is -2.06. The van der Waals surface area contributed by atoms with Crippen LogP contribution in [0.2, 0.25) is 0 Å². The summed E-state index contributed by atoms with van der Waals surface area (Å²) in [5.74, 6) is -0.796. The van der Waals surface area contributed by atoms with E-state index in [0.29, 0.717) is 0 Å². The van der Waals surface area contributed by atoms with Crippen molar-refractivity contribution in [3.8, 4) is 0 Å². The zero-order chi connectivity index (χ0) is 15.4. The fourth-order valence-electron chi connectivity index (χ4n) is 1.86. The van der Waals surface area contributed by atoms with Crippen LogP contribution in [0.25, 0.3) is 0 Å². The molecule has 0 aliphatic carbocycles. The van der Waals surface area contributed by atoms with Crippen molar-refractivity contribution in [3.05, 3.63) is 74.4 Å². The van der Waals surface area contributed by atoms with E-state index in [0.717, 1.165) is 12.3 Å². The molecule has 2 rings (SSSR count). The lowest BCUT2D eigenvalue weighted by Crippen LogP contribution is -2.16. The van der Waals surface area contributed by atoms with Gasteiger partial charge in [-0.3, -0.25) is 19.7 Å². The lowest BCUT2D eigenvalue weighted by atomic mass is 10.1. The van der Waals surface area contributed by atoms with Crippen molar-refractivity contribution in [2.75, 3.05) is 0 Å². The van der Waals surface area contributed by atoms with Crippen LogP contribution in [0, 0.1) is 15.9 Å². The second-order valence-corrected chi connectivity index (χ2v) is 4.43. The Bertz CT molecular complexity index is 755. The standard InChI is InChI=1S/C14H11FN2O4/c15-12-4-2-1-3-10(12)7-11(18)8-16-6-5-14(19)13(9-16)17(20)21/h1-6,9H,7-8H2. The first-order valence-corrected chi connectivity index (χ1v) is 6.07. The minimum Gasteiger partial charge on any atom is -0.341 e. The maximum atomic E-state index is 13.4. The molecule has 1 aromatic heterocycles. The van der Waals surface area contributed by atoms with Gasteiger partial charge in [-0.2, -0.15) is 0 Å². The molecule has 0 spiro atoms. The molecule has 1 heterocycles. The third-order valence-corrected chi connectivity index (χ3v) is 2.86. The van der Waals surface area contributed by atoms with Crippen molar-refractivity contribution < 1.29 is 14.1 Å². The molecule has 6 nitrogen and oxygen atoms in total. The molecule has 0 unspecified atom stereocenters. The molecule has 0 saturated heterocycles. The van der Waals surface area contributed by atoms with Crippen molar-refractivity contribution in [2.45, 2.75) is 13.0 Å². The molecule has 0 saturated carbocycles. The number of nitrogens with zero attached hydrogens (tertiary/aromatic N) is 2. The number of Topliss-reactive ketones (excluding diaryl/α,β-unsaturated/α-hetero) is 1. The number of aromatic nitrogens is 1. The summed E-state index contributed by atoms with van der Waals surface area (Å²) < 4.78 is 14.7. The van der Waals surface area contributed by atoms with Crippen LogP contribution in [0.5, 0.6) is 0 Å². The molecule has 0 bridgehead atoms. The summed E-state index contributed by atoms with van der Waals surface area (Å²) in [4.78, 5) is 33.0. The maximum Gasteiger partial charge on any atom is 0.332 e. The van der Waals surface area contributed by atoms with Crippen LogP contribution in [0.15, 0.2) is 47.5 Å². The smallest absolute Gasteiger partial charge is 0.332 e. The van der Waals surface area contributed by atoms with Crippen LogP contribution >= 0.6 is 0 Å². The number of carbonyl (C=O) groups is 1. The van der Waals surface area contributed by atoms with Crippen molar-refractivity contribution >= 4 is 11.5 Å². The van der Waals surface area contributed by atoms with E-state index in [1.165, 1.54) is 29.0 Å². The fraction of sp³-hybridized carbons (Fsp3) is 0.143. The molecule has 0 amide bonds. The van der Waals surface area contributed by atoms with E-state index in [1.807, 2.05) is 0 Å². The van der Waals surface area contributed by atoms with E-state index < -0.39 is 21.9 Å². The van der Waals surface area contributed by atoms with Gasteiger partial charge in [-0.25, -0.2) is 4.39 Å². The highest BCUT2D eigenvalue weighted by Gasteiger charge is 2.13.